The van der Waals surface area contributed by atoms with Crippen LogP contribution < -0.4 is 11.1 Å². The van der Waals surface area contributed by atoms with E-state index in [1.165, 1.54) is 0 Å². The molecule has 0 aromatic heterocycles. The number of hydrogen-bond donors (Lipinski definition) is 2. The molecule has 0 saturated carbocycles. The third-order valence-electron chi connectivity index (χ3n) is 3.67. The zero-order chi connectivity index (χ0) is 13.7. The van der Waals surface area contributed by atoms with E-state index < -0.39 is 0 Å². The van der Waals surface area contributed by atoms with Gasteiger partial charge in [0.2, 0.25) is 5.91 Å². The lowest BCUT2D eigenvalue weighted by Crippen LogP contribution is -2.38. The van der Waals surface area contributed by atoms with Gasteiger partial charge in [0, 0.05) is 19.2 Å². The van der Waals surface area contributed by atoms with E-state index in [-0.39, 0.29) is 24.0 Å². The first-order chi connectivity index (χ1) is 9.22. The molecule has 0 radical (unpaired) electrons. The Labute approximate surface area is 114 Å². The van der Waals surface area contributed by atoms with Crippen molar-refractivity contribution in [1.29, 1.82) is 0 Å². The lowest BCUT2D eigenvalue weighted by atomic mass is 9.98. The predicted molar refractivity (Wildman–Crippen MR) is 74.5 cm³/mol. The minimum absolute atomic E-state index is 0.0204. The van der Waals surface area contributed by atoms with Gasteiger partial charge in [-0.3, -0.25) is 4.79 Å². The van der Waals surface area contributed by atoms with Crippen LogP contribution in [0.15, 0.2) is 30.3 Å². The fraction of sp³-hybridized carbons (Fsp3) is 0.533. The number of carbonyl (C=O) groups is 1. The number of carbonyl (C=O) groups excluding carboxylic acids is 1. The number of hydrogen-bond acceptors (Lipinski definition) is 3. The second-order valence-corrected chi connectivity index (χ2v) is 4.97. The highest BCUT2D eigenvalue weighted by atomic mass is 16.5. The summed E-state index contributed by atoms with van der Waals surface area (Å²) in [5, 5.41) is 2.94. The van der Waals surface area contributed by atoms with E-state index in [4.69, 9.17) is 10.5 Å². The smallest absolute Gasteiger partial charge is 0.225 e. The molecular weight excluding hydrogens is 240 g/mol. The van der Waals surface area contributed by atoms with Crippen molar-refractivity contribution in [3.63, 3.8) is 0 Å². The number of nitrogens with two attached hydrogens (primary N) is 1. The Kier molecular flexibility index (Phi) is 4.93. The monoisotopic (exact) mass is 262 g/mol. The highest BCUT2D eigenvalue weighted by Crippen LogP contribution is 2.23. The van der Waals surface area contributed by atoms with Crippen LogP contribution in [0.2, 0.25) is 0 Å². The van der Waals surface area contributed by atoms with Crippen molar-refractivity contribution in [2.75, 3.05) is 13.2 Å². The van der Waals surface area contributed by atoms with Gasteiger partial charge in [-0.1, -0.05) is 37.3 Å². The second-order valence-electron chi connectivity index (χ2n) is 4.97. The van der Waals surface area contributed by atoms with Gasteiger partial charge in [0.25, 0.3) is 0 Å². The van der Waals surface area contributed by atoms with Gasteiger partial charge in [-0.15, -0.1) is 0 Å². The molecule has 2 rings (SSSR count). The maximum Gasteiger partial charge on any atom is 0.225 e. The van der Waals surface area contributed by atoms with Gasteiger partial charge in [-0.2, -0.15) is 0 Å². The van der Waals surface area contributed by atoms with Gasteiger partial charge in [-0.25, -0.2) is 0 Å². The summed E-state index contributed by atoms with van der Waals surface area (Å²) in [6.07, 6.45) is 1.75. The number of rotatable bonds is 5. The Morgan fingerprint density at radius 1 is 1.47 bits per heavy atom. The van der Waals surface area contributed by atoms with Gasteiger partial charge in [0.1, 0.15) is 0 Å². The molecular formula is C15H22N2O2. The van der Waals surface area contributed by atoms with Crippen molar-refractivity contribution in [2.45, 2.75) is 31.9 Å². The zero-order valence-electron chi connectivity index (χ0n) is 11.3. The van der Waals surface area contributed by atoms with Crippen LogP contribution in [0.25, 0.3) is 0 Å². The summed E-state index contributed by atoms with van der Waals surface area (Å²) < 4.78 is 5.54. The van der Waals surface area contributed by atoms with E-state index >= 15 is 0 Å². The molecule has 3 unspecified atom stereocenters. The van der Waals surface area contributed by atoms with Crippen LogP contribution in [0.5, 0.6) is 0 Å². The standard InChI is InChI=1S/C15H22N2O2/c1-2-14-12(8-9-19-14)15(18)17-10-13(16)11-6-4-3-5-7-11/h3-7,12-14H,2,8-10,16H2,1H3,(H,17,18). The first-order valence-electron chi connectivity index (χ1n) is 6.92. The van der Waals surface area contributed by atoms with Gasteiger partial charge in [-0.05, 0) is 18.4 Å². The summed E-state index contributed by atoms with van der Waals surface area (Å²) in [6.45, 7) is 3.20. The van der Waals surface area contributed by atoms with Gasteiger partial charge < -0.3 is 15.8 Å². The van der Waals surface area contributed by atoms with E-state index in [1.807, 2.05) is 37.3 Å². The number of amides is 1. The van der Waals surface area contributed by atoms with E-state index in [0.717, 1.165) is 18.4 Å². The van der Waals surface area contributed by atoms with Crippen LogP contribution in [0.4, 0.5) is 0 Å². The summed E-state index contributed by atoms with van der Waals surface area (Å²) in [6, 6.07) is 9.65. The number of nitrogens with one attached hydrogen (secondary N) is 1. The molecule has 4 heteroatoms. The topological polar surface area (TPSA) is 64.3 Å². The highest BCUT2D eigenvalue weighted by Gasteiger charge is 2.32. The molecule has 3 atom stereocenters. The molecule has 3 N–H and O–H groups in total. The first kappa shape index (κ1) is 14.0. The summed E-state index contributed by atoms with van der Waals surface area (Å²) in [5.41, 5.74) is 7.10. The molecule has 0 aliphatic carbocycles. The Bertz CT molecular complexity index is 408. The van der Waals surface area contributed by atoms with Crippen molar-refractivity contribution < 1.29 is 9.53 Å². The Morgan fingerprint density at radius 2 is 2.21 bits per heavy atom. The van der Waals surface area contributed by atoms with Crippen LogP contribution in [0, 0.1) is 5.92 Å². The molecule has 104 valence electrons. The summed E-state index contributed by atoms with van der Waals surface area (Å²) in [7, 11) is 0. The van der Waals surface area contributed by atoms with E-state index in [2.05, 4.69) is 5.32 Å². The van der Waals surface area contributed by atoms with Crippen molar-refractivity contribution >= 4 is 5.91 Å². The second kappa shape index (κ2) is 6.68. The van der Waals surface area contributed by atoms with Crippen LogP contribution >= 0.6 is 0 Å². The molecule has 1 fully saturated rings. The van der Waals surface area contributed by atoms with E-state index in [9.17, 15) is 4.79 Å². The third-order valence-corrected chi connectivity index (χ3v) is 3.67. The van der Waals surface area contributed by atoms with Crippen molar-refractivity contribution in [3.8, 4) is 0 Å². The molecule has 1 amide bonds. The summed E-state index contributed by atoms with van der Waals surface area (Å²) >= 11 is 0. The normalized spacial score (nSPS) is 24.1. The average Bonchev–Trinajstić information content (AvgIpc) is 2.93. The van der Waals surface area contributed by atoms with Crippen LogP contribution in [-0.4, -0.2) is 25.2 Å². The molecule has 19 heavy (non-hydrogen) atoms. The Morgan fingerprint density at radius 3 is 2.89 bits per heavy atom. The maximum absolute atomic E-state index is 12.1. The lowest BCUT2D eigenvalue weighted by molar-refractivity contribution is -0.126. The third kappa shape index (κ3) is 3.55. The van der Waals surface area contributed by atoms with E-state index in [1.54, 1.807) is 0 Å². The van der Waals surface area contributed by atoms with Crippen LogP contribution in [0.1, 0.15) is 31.4 Å². The maximum atomic E-state index is 12.1. The molecule has 4 nitrogen and oxygen atoms in total. The average molecular weight is 262 g/mol. The fourth-order valence-electron chi connectivity index (χ4n) is 2.51. The van der Waals surface area contributed by atoms with E-state index in [0.29, 0.717) is 13.2 Å². The highest BCUT2D eigenvalue weighted by molar-refractivity contribution is 5.79. The molecule has 1 saturated heterocycles. The Balaban J connectivity index is 1.83. The minimum Gasteiger partial charge on any atom is -0.377 e. The number of benzene rings is 1. The Hall–Kier alpha value is -1.39. The molecule has 1 aliphatic rings. The molecule has 1 heterocycles. The molecule has 0 bridgehead atoms. The van der Waals surface area contributed by atoms with Crippen LogP contribution in [-0.2, 0) is 9.53 Å². The summed E-state index contributed by atoms with van der Waals surface area (Å²) in [4.78, 5) is 12.1. The first-order valence-corrected chi connectivity index (χ1v) is 6.92. The quantitative estimate of drug-likeness (QED) is 0.847. The van der Waals surface area contributed by atoms with Crippen LogP contribution in [0.3, 0.4) is 0 Å². The van der Waals surface area contributed by atoms with Gasteiger partial charge in [0.15, 0.2) is 0 Å². The van der Waals surface area contributed by atoms with Gasteiger partial charge in [0.05, 0.1) is 12.0 Å². The fourth-order valence-corrected chi connectivity index (χ4v) is 2.51. The van der Waals surface area contributed by atoms with Crippen molar-refractivity contribution in [3.05, 3.63) is 35.9 Å². The molecule has 1 aromatic rings. The molecule has 0 spiro atoms. The molecule has 1 aromatic carbocycles. The zero-order valence-corrected chi connectivity index (χ0v) is 11.3. The number of ether oxygens (including phenoxy) is 1. The lowest BCUT2D eigenvalue weighted by Gasteiger charge is -2.18. The summed E-state index contributed by atoms with van der Waals surface area (Å²) in [5.74, 6) is 0.0451. The van der Waals surface area contributed by atoms with Crippen molar-refractivity contribution in [2.24, 2.45) is 11.7 Å². The van der Waals surface area contributed by atoms with Gasteiger partial charge >= 0.3 is 0 Å². The predicted octanol–water partition coefficient (Wildman–Crippen LogP) is 1.62. The largest absolute Gasteiger partial charge is 0.377 e. The molecule has 1 aliphatic heterocycles. The minimum atomic E-state index is -0.160. The van der Waals surface area contributed by atoms with Crippen molar-refractivity contribution in [1.82, 2.24) is 5.32 Å². The SMILES string of the molecule is CCC1OCCC1C(=O)NCC(N)c1ccccc1.